The molecule has 1 aromatic carbocycles. The van der Waals surface area contributed by atoms with E-state index >= 15 is 0 Å². The van der Waals surface area contributed by atoms with Crippen LogP contribution in [0.5, 0.6) is 5.75 Å². The van der Waals surface area contributed by atoms with Crippen molar-refractivity contribution in [2.45, 2.75) is 5.92 Å². The molecule has 78 valence electrons. The molecule has 0 saturated heterocycles. The van der Waals surface area contributed by atoms with Crippen molar-refractivity contribution in [3.05, 3.63) is 41.6 Å². The van der Waals surface area contributed by atoms with Crippen LogP contribution < -0.4 is 0 Å². The molecule has 1 aliphatic carbocycles. The van der Waals surface area contributed by atoms with Crippen molar-refractivity contribution in [1.29, 1.82) is 0 Å². The summed E-state index contributed by atoms with van der Waals surface area (Å²) in [5.41, 5.74) is 2.47. The van der Waals surface area contributed by atoms with Gasteiger partial charge in [0.25, 0.3) is 0 Å². The third-order valence-electron chi connectivity index (χ3n) is 2.92. The lowest BCUT2D eigenvalue weighted by Crippen LogP contribution is -2.03. The first-order valence-corrected chi connectivity index (χ1v) is 5.05. The predicted molar refractivity (Wildman–Crippen MR) is 61.2 cm³/mol. The van der Waals surface area contributed by atoms with Crippen LogP contribution in [0, 0.1) is 0 Å². The highest BCUT2D eigenvalue weighted by atomic mass is 16.3. The van der Waals surface area contributed by atoms with E-state index in [2.05, 4.69) is 4.98 Å². The Kier molecular flexibility index (Phi) is 1.80. The number of phenolic OH excluding ortho intramolecular Hbond substituents is 1. The summed E-state index contributed by atoms with van der Waals surface area (Å²) in [4.78, 5) is 15.2. The van der Waals surface area contributed by atoms with Crippen LogP contribution in [0.4, 0.5) is 0 Å². The number of carbonyl (C=O) groups is 1. The van der Waals surface area contributed by atoms with E-state index in [-0.39, 0.29) is 11.7 Å². The number of allylic oxidation sites excluding steroid dienone is 1. The minimum absolute atomic E-state index is 0.156. The molecular formula is C13H9NO2. The van der Waals surface area contributed by atoms with E-state index in [1.165, 1.54) is 0 Å². The summed E-state index contributed by atoms with van der Waals surface area (Å²) in [6, 6.07) is 5.23. The van der Waals surface area contributed by atoms with Crippen LogP contribution in [-0.2, 0) is 4.79 Å². The number of hydrogen-bond acceptors (Lipinski definition) is 3. The molecule has 2 aromatic rings. The van der Waals surface area contributed by atoms with Gasteiger partial charge in [-0.2, -0.15) is 0 Å². The highest BCUT2D eigenvalue weighted by Gasteiger charge is 2.20. The maximum atomic E-state index is 11.0. The Morgan fingerprint density at radius 1 is 1.31 bits per heavy atom. The summed E-state index contributed by atoms with van der Waals surface area (Å²) in [5.74, 6) is -0.219. The largest absolute Gasteiger partial charge is 0.508 e. The highest BCUT2D eigenvalue weighted by Crippen LogP contribution is 2.38. The van der Waals surface area contributed by atoms with Gasteiger partial charge in [-0.25, -0.2) is 0 Å². The molecule has 3 nitrogen and oxygen atoms in total. The minimum atomic E-state index is -0.375. The van der Waals surface area contributed by atoms with Crippen LogP contribution in [0.3, 0.4) is 0 Å². The fourth-order valence-corrected chi connectivity index (χ4v) is 2.18. The maximum Gasteiger partial charge on any atom is 0.131 e. The van der Waals surface area contributed by atoms with E-state index in [1.807, 2.05) is 12.1 Å². The molecule has 0 amide bonds. The zero-order valence-electron chi connectivity index (χ0n) is 8.42. The number of phenols is 1. The van der Waals surface area contributed by atoms with Gasteiger partial charge in [-0.3, -0.25) is 4.98 Å². The number of nitrogens with zero attached hydrogens (tertiary/aromatic N) is 1. The molecule has 1 N–H and O–H groups in total. The Bertz CT molecular complexity index is 617. The molecule has 3 rings (SSSR count). The number of carbonyl (C=O) groups excluding carboxylic acids is 1. The molecule has 1 unspecified atom stereocenters. The molecule has 0 fully saturated rings. The zero-order valence-corrected chi connectivity index (χ0v) is 8.42. The molecule has 0 aliphatic heterocycles. The van der Waals surface area contributed by atoms with Gasteiger partial charge in [-0.1, -0.05) is 12.2 Å². The first-order valence-electron chi connectivity index (χ1n) is 5.05. The topological polar surface area (TPSA) is 50.2 Å². The van der Waals surface area contributed by atoms with Crippen molar-refractivity contribution >= 4 is 23.3 Å². The number of benzene rings is 1. The molecule has 0 saturated carbocycles. The molecule has 1 atom stereocenters. The Hall–Kier alpha value is -2.16. The van der Waals surface area contributed by atoms with E-state index in [9.17, 15) is 9.90 Å². The van der Waals surface area contributed by atoms with Gasteiger partial charge in [0.15, 0.2) is 0 Å². The van der Waals surface area contributed by atoms with Crippen molar-refractivity contribution in [2.24, 2.45) is 0 Å². The van der Waals surface area contributed by atoms with Crippen LogP contribution in [0.2, 0.25) is 0 Å². The lowest BCUT2D eigenvalue weighted by molar-refractivity contribution is -0.108. The molecule has 0 radical (unpaired) electrons. The van der Waals surface area contributed by atoms with Crippen LogP contribution in [-0.4, -0.2) is 16.4 Å². The summed E-state index contributed by atoms with van der Waals surface area (Å²) in [6.45, 7) is 0. The number of aromatic nitrogens is 1. The average molecular weight is 211 g/mol. The van der Waals surface area contributed by atoms with Gasteiger partial charge in [-0.05, 0) is 23.8 Å². The maximum absolute atomic E-state index is 11.0. The molecule has 0 bridgehead atoms. The number of aldehydes is 1. The Morgan fingerprint density at radius 2 is 2.19 bits per heavy atom. The number of pyridine rings is 1. The number of hydrogen-bond donors (Lipinski definition) is 1. The molecule has 1 aromatic heterocycles. The predicted octanol–water partition coefficient (Wildman–Crippen LogP) is 2.25. The number of rotatable bonds is 1. The second-order valence-electron chi connectivity index (χ2n) is 3.81. The Morgan fingerprint density at radius 3 is 3.00 bits per heavy atom. The first-order chi connectivity index (χ1) is 7.81. The molecule has 16 heavy (non-hydrogen) atoms. The molecular weight excluding hydrogens is 202 g/mol. The minimum Gasteiger partial charge on any atom is -0.508 e. The molecule has 3 heteroatoms. The van der Waals surface area contributed by atoms with E-state index < -0.39 is 0 Å². The van der Waals surface area contributed by atoms with Crippen LogP contribution in [0.25, 0.3) is 17.0 Å². The van der Waals surface area contributed by atoms with Crippen LogP contribution in [0.15, 0.2) is 30.5 Å². The van der Waals surface area contributed by atoms with Crippen molar-refractivity contribution in [2.75, 3.05) is 0 Å². The zero-order chi connectivity index (χ0) is 11.1. The fourth-order valence-electron chi connectivity index (χ4n) is 2.18. The first kappa shape index (κ1) is 9.09. The van der Waals surface area contributed by atoms with Gasteiger partial charge in [0.2, 0.25) is 0 Å². The second kappa shape index (κ2) is 3.17. The van der Waals surface area contributed by atoms with Crippen molar-refractivity contribution in [1.82, 2.24) is 4.98 Å². The Labute approximate surface area is 92.1 Å². The van der Waals surface area contributed by atoms with Crippen molar-refractivity contribution < 1.29 is 9.90 Å². The van der Waals surface area contributed by atoms with Gasteiger partial charge in [0, 0.05) is 17.1 Å². The SMILES string of the molecule is O=CC1C=Cc2ccnc3ccc(O)c1c23. The number of aromatic hydroxyl groups is 1. The quantitative estimate of drug-likeness (QED) is 0.736. The van der Waals surface area contributed by atoms with E-state index in [0.717, 1.165) is 22.8 Å². The second-order valence-corrected chi connectivity index (χ2v) is 3.81. The molecule has 1 aliphatic rings. The van der Waals surface area contributed by atoms with Crippen LogP contribution >= 0.6 is 0 Å². The summed E-state index contributed by atoms with van der Waals surface area (Å²) in [5, 5.41) is 10.7. The van der Waals surface area contributed by atoms with Gasteiger partial charge >= 0.3 is 0 Å². The third-order valence-corrected chi connectivity index (χ3v) is 2.92. The summed E-state index contributed by atoms with van der Waals surface area (Å²) >= 11 is 0. The standard InChI is InChI=1S/C13H9NO2/c15-7-9-2-1-8-5-6-14-10-3-4-11(16)13(9)12(8)10/h1-7,9,16H. The lowest BCUT2D eigenvalue weighted by atomic mass is 9.88. The van der Waals surface area contributed by atoms with Crippen molar-refractivity contribution in [3.8, 4) is 5.75 Å². The van der Waals surface area contributed by atoms with Gasteiger partial charge < -0.3 is 9.90 Å². The molecule has 1 heterocycles. The van der Waals surface area contributed by atoms with E-state index in [0.29, 0.717) is 5.56 Å². The van der Waals surface area contributed by atoms with Crippen LogP contribution in [0.1, 0.15) is 17.0 Å². The normalized spacial score (nSPS) is 17.6. The lowest BCUT2D eigenvalue weighted by Gasteiger charge is -2.17. The Balaban J connectivity index is 2.50. The highest BCUT2D eigenvalue weighted by molar-refractivity contribution is 5.97. The van der Waals surface area contributed by atoms with E-state index in [4.69, 9.17) is 0 Å². The monoisotopic (exact) mass is 211 g/mol. The fraction of sp³-hybridized carbons (Fsp3) is 0.0769. The van der Waals surface area contributed by atoms with Gasteiger partial charge in [0.1, 0.15) is 12.0 Å². The third kappa shape index (κ3) is 1.08. The van der Waals surface area contributed by atoms with Gasteiger partial charge in [0.05, 0.1) is 11.4 Å². The summed E-state index contributed by atoms with van der Waals surface area (Å²) < 4.78 is 0. The average Bonchev–Trinajstić information content (AvgIpc) is 2.33. The van der Waals surface area contributed by atoms with E-state index in [1.54, 1.807) is 24.4 Å². The van der Waals surface area contributed by atoms with Crippen molar-refractivity contribution in [3.63, 3.8) is 0 Å². The molecule has 0 spiro atoms. The summed E-state index contributed by atoms with van der Waals surface area (Å²) in [6.07, 6.45) is 6.25. The van der Waals surface area contributed by atoms with Gasteiger partial charge in [-0.15, -0.1) is 0 Å². The summed E-state index contributed by atoms with van der Waals surface area (Å²) in [7, 11) is 0. The smallest absolute Gasteiger partial charge is 0.131 e.